The van der Waals surface area contributed by atoms with Crippen LogP contribution in [0.3, 0.4) is 0 Å². The third-order valence-corrected chi connectivity index (χ3v) is 7.24. The summed E-state index contributed by atoms with van der Waals surface area (Å²) in [5.41, 5.74) is 1.40. The number of fused-ring (bicyclic) bond motifs is 1. The molecule has 0 saturated heterocycles. The van der Waals surface area contributed by atoms with E-state index in [1.165, 1.54) is 11.3 Å². The van der Waals surface area contributed by atoms with Crippen LogP contribution in [0.5, 0.6) is 11.5 Å². The second-order valence-electron chi connectivity index (χ2n) is 7.54. The topological polar surface area (TPSA) is 79.1 Å². The van der Waals surface area contributed by atoms with E-state index in [-0.39, 0.29) is 12.2 Å². The highest BCUT2D eigenvalue weighted by atomic mass is 32.1. The van der Waals surface area contributed by atoms with E-state index in [4.69, 9.17) is 19.2 Å². The van der Waals surface area contributed by atoms with Crippen molar-refractivity contribution in [1.82, 2.24) is 4.57 Å². The van der Waals surface area contributed by atoms with E-state index in [0.29, 0.717) is 44.1 Å². The Kier molecular flexibility index (Phi) is 7.33. The molecule has 0 radical (unpaired) electrons. The Labute approximate surface area is 205 Å². The summed E-state index contributed by atoms with van der Waals surface area (Å²) in [6, 6.07) is 8.50. The van der Waals surface area contributed by atoms with Crippen LogP contribution < -0.4 is 24.4 Å². The first-order valence-electron chi connectivity index (χ1n) is 11.0. The molecule has 1 aromatic carbocycles. The van der Waals surface area contributed by atoms with E-state index in [1.54, 1.807) is 55.2 Å². The molecule has 1 atom stereocenters. The minimum absolute atomic E-state index is 0.215. The number of thiophene rings is 1. The fraction of sp³-hybridized carbons (Fsp3) is 0.320. The Bertz CT molecular complexity index is 1400. The number of nitrogens with zero attached hydrogens (tertiary/aromatic N) is 2. The van der Waals surface area contributed by atoms with Crippen LogP contribution in [0, 0.1) is 0 Å². The zero-order valence-corrected chi connectivity index (χ0v) is 21.1. The Balaban J connectivity index is 2.07. The summed E-state index contributed by atoms with van der Waals surface area (Å²) >= 11 is 2.87. The highest BCUT2D eigenvalue weighted by Crippen LogP contribution is 2.38. The Morgan fingerprint density at radius 3 is 2.68 bits per heavy atom. The highest BCUT2D eigenvalue weighted by molar-refractivity contribution is 7.11. The molecule has 34 heavy (non-hydrogen) atoms. The number of rotatable bonds is 8. The molecule has 4 rings (SSSR count). The van der Waals surface area contributed by atoms with Crippen LogP contribution in [-0.4, -0.2) is 31.4 Å². The van der Waals surface area contributed by atoms with Gasteiger partial charge in [0, 0.05) is 10.4 Å². The van der Waals surface area contributed by atoms with Crippen molar-refractivity contribution < 1.29 is 19.0 Å². The molecule has 0 fully saturated rings. The summed E-state index contributed by atoms with van der Waals surface area (Å²) in [5, 5.41) is 1.96. The maximum atomic E-state index is 13.7. The van der Waals surface area contributed by atoms with Crippen LogP contribution in [-0.2, 0) is 9.53 Å². The number of allylic oxidation sites excluding steroid dienone is 1. The Morgan fingerprint density at radius 1 is 1.21 bits per heavy atom. The van der Waals surface area contributed by atoms with Gasteiger partial charge in [-0.05, 0) is 49.1 Å². The molecule has 0 spiro atoms. The molecule has 9 heteroatoms. The summed E-state index contributed by atoms with van der Waals surface area (Å²) in [6.45, 7) is 4.00. The first-order chi connectivity index (χ1) is 16.5. The minimum Gasteiger partial charge on any atom is -0.497 e. The summed E-state index contributed by atoms with van der Waals surface area (Å²) in [6.07, 6.45) is 3.22. The van der Waals surface area contributed by atoms with Crippen molar-refractivity contribution in [3.63, 3.8) is 0 Å². The number of hydrogen-bond donors (Lipinski definition) is 0. The lowest BCUT2D eigenvalue weighted by Gasteiger charge is -2.27. The van der Waals surface area contributed by atoms with Gasteiger partial charge in [-0.1, -0.05) is 30.7 Å². The maximum Gasteiger partial charge on any atom is 0.338 e. The molecular weight excluding hydrogens is 472 g/mol. The smallest absolute Gasteiger partial charge is 0.338 e. The molecule has 178 valence electrons. The molecule has 0 bridgehead atoms. The van der Waals surface area contributed by atoms with E-state index in [0.717, 1.165) is 11.3 Å². The lowest BCUT2D eigenvalue weighted by atomic mass is 9.93. The second-order valence-corrected chi connectivity index (χ2v) is 9.53. The molecule has 7 nitrogen and oxygen atoms in total. The number of hydrogen-bond acceptors (Lipinski definition) is 8. The van der Waals surface area contributed by atoms with Crippen molar-refractivity contribution in [2.75, 3.05) is 20.8 Å². The van der Waals surface area contributed by atoms with Gasteiger partial charge in [-0.3, -0.25) is 9.36 Å². The van der Waals surface area contributed by atoms with Gasteiger partial charge < -0.3 is 14.2 Å². The van der Waals surface area contributed by atoms with Gasteiger partial charge in [-0.15, -0.1) is 11.3 Å². The molecule has 0 N–H and O–H groups in total. The summed E-state index contributed by atoms with van der Waals surface area (Å²) in [4.78, 5) is 33.3. The molecule has 0 aliphatic carbocycles. The number of carbonyl (C=O) groups is 1. The standard InChI is InChI=1S/C25H26N2O5S2/c1-5-8-18-21(24(29)32-6-2)22(17-13-15(30-3)10-11-19(17)31-4)27-23(28)20(34-25(27)26-18)14-16-9-7-12-33-16/h7,9-14,22H,5-6,8H2,1-4H3. The molecule has 3 heterocycles. The molecule has 1 unspecified atom stereocenters. The lowest BCUT2D eigenvalue weighted by Crippen LogP contribution is -2.40. The molecule has 1 aliphatic rings. The molecule has 0 saturated carbocycles. The van der Waals surface area contributed by atoms with Crippen molar-refractivity contribution in [1.29, 1.82) is 0 Å². The lowest BCUT2D eigenvalue weighted by molar-refractivity contribution is -0.139. The summed E-state index contributed by atoms with van der Waals surface area (Å²) in [5.74, 6) is 0.643. The van der Waals surface area contributed by atoms with Crippen LogP contribution in [0.15, 0.2) is 56.8 Å². The number of benzene rings is 1. The minimum atomic E-state index is -0.757. The van der Waals surface area contributed by atoms with E-state index in [9.17, 15) is 9.59 Å². The summed E-state index contributed by atoms with van der Waals surface area (Å²) in [7, 11) is 3.13. The zero-order chi connectivity index (χ0) is 24.2. The fourth-order valence-corrected chi connectivity index (χ4v) is 5.71. The first kappa shape index (κ1) is 24.0. The van der Waals surface area contributed by atoms with Gasteiger partial charge in [0.2, 0.25) is 0 Å². The van der Waals surface area contributed by atoms with Gasteiger partial charge in [0.05, 0.1) is 36.6 Å². The Hall–Kier alpha value is -3.17. The van der Waals surface area contributed by atoms with Crippen molar-refractivity contribution >= 4 is 34.7 Å². The van der Waals surface area contributed by atoms with E-state index < -0.39 is 12.0 Å². The third kappa shape index (κ3) is 4.45. The fourth-order valence-electron chi connectivity index (χ4n) is 3.97. The van der Waals surface area contributed by atoms with Gasteiger partial charge >= 0.3 is 5.97 Å². The SMILES string of the molecule is CCCC1=C(C(=O)OCC)C(c2cc(OC)ccc2OC)n2c(sc(=Cc3cccs3)c2=O)=N1. The molecule has 1 aliphatic heterocycles. The average Bonchev–Trinajstić information content (AvgIpc) is 3.46. The van der Waals surface area contributed by atoms with Gasteiger partial charge in [0.1, 0.15) is 17.5 Å². The summed E-state index contributed by atoms with van der Waals surface area (Å²) < 4.78 is 18.7. The predicted octanol–water partition coefficient (Wildman–Crippen LogP) is 3.66. The molecule has 2 aromatic heterocycles. The number of ether oxygens (including phenoxy) is 3. The molecule has 0 amide bonds. The monoisotopic (exact) mass is 498 g/mol. The number of methoxy groups -OCH3 is 2. The van der Waals surface area contributed by atoms with Crippen molar-refractivity contribution in [3.05, 3.63) is 77.1 Å². The number of carbonyl (C=O) groups excluding carboxylic acids is 1. The molecular formula is C25H26N2O5S2. The van der Waals surface area contributed by atoms with Crippen molar-refractivity contribution in [2.24, 2.45) is 4.99 Å². The third-order valence-electron chi connectivity index (χ3n) is 5.44. The van der Waals surface area contributed by atoms with Crippen LogP contribution >= 0.6 is 22.7 Å². The average molecular weight is 499 g/mol. The van der Waals surface area contributed by atoms with E-state index in [1.807, 2.05) is 30.5 Å². The van der Waals surface area contributed by atoms with Crippen LogP contribution in [0.2, 0.25) is 0 Å². The van der Waals surface area contributed by atoms with E-state index >= 15 is 0 Å². The predicted molar refractivity (Wildman–Crippen MR) is 133 cm³/mol. The van der Waals surface area contributed by atoms with E-state index in [2.05, 4.69) is 0 Å². The quantitative estimate of drug-likeness (QED) is 0.443. The largest absolute Gasteiger partial charge is 0.497 e. The maximum absolute atomic E-state index is 13.7. The second kappa shape index (κ2) is 10.4. The van der Waals surface area contributed by atoms with Gasteiger partial charge in [0.25, 0.3) is 5.56 Å². The Morgan fingerprint density at radius 2 is 2.03 bits per heavy atom. The normalized spacial score (nSPS) is 15.6. The van der Waals surface area contributed by atoms with Crippen molar-refractivity contribution in [2.45, 2.75) is 32.7 Å². The van der Waals surface area contributed by atoms with Crippen molar-refractivity contribution in [3.8, 4) is 11.5 Å². The number of thiazole rings is 1. The van der Waals surface area contributed by atoms with Gasteiger partial charge in [-0.2, -0.15) is 0 Å². The first-order valence-corrected chi connectivity index (χ1v) is 12.7. The number of esters is 1. The molecule has 3 aromatic rings. The highest BCUT2D eigenvalue weighted by Gasteiger charge is 2.36. The number of aromatic nitrogens is 1. The van der Waals surface area contributed by atoms with Crippen LogP contribution in [0.1, 0.15) is 43.2 Å². The van der Waals surface area contributed by atoms with Gasteiger partial charge in [-0.25, -0.2) is 9.79 Å². The van der Waals surface area contributed by atoms with Gasteiger partial charge in [0.15, 0.2) is 4.80 Å². The van der Waals surface area contributed by atoms with Crippen LogP contribution in [0.4, 0.5) is 0 Å². The van der Waals surface area contributed by atoms with Crippen LogP contribution in [0.25, 0.3) is 6.08 Å². The zero-order valence-electron chi connectivity index (χ0n) is 19.5.